The summed E-state index contributed by atoms with van der Waals surface area (Å²) >= 11 is 6.01. The van der Waals surface area contributed by atoms with Crippen molar-refractivity contribution >= 4 is 55.4 Å². The van der Waals surface area contributed by atoms with Gasteiger partial charge in [0.05, 0.1) is 11.0 Å². The zero-order valence-corrected chi connectivity index (χ0v) is 15.6. The number of H-pyrrole nitrogens is 1. The van der Waals surface area contributed by atoms with E-state index in [-0.39, 0.29) is 21.9 Å². The van der Waals surface area contributed by atoms with Crippen LogP contribution in [-0.2, 0) is 17.1 Å². The van der Waals surface area contributed by atoms with Gasteiger partial charge in [-0.15, -0.1) is 0 Å². The average Bonchev–Trinajstić information content (AvgIpc) is 3.14. The van der Waals surface area contributed by atoms with Gasteiger partial charge < -0.3 is 15.3 Å². The van der Waals surface area contributed by atoms with Crippen LogP contribution in [0, 0.1) is 0 Å². The number of nitrogens with zero attached hydrogens (tertiary/aromatic N) is 2. The third-order valence-electron chi connectivity index (χ3n) is 4.24. The average molecular weight is 404 g/mol. The first-order valence-electron chi connectivity index (χ1n) is 7.83. The number of anilines is 1. The molecule has 0 saturated heterocycles. The van der Waals surface area contributed by atoms with E-state index < -0.39 is 15.9 Å². The fourth-order valence-corrected chi connectivity index (χ4v) is 4.58. The number of hydrogen-bond acceptors (Lipinski definition) is 4. The van der Waals surface area contributed by atoms with Gasteiger partial charge in [0.2, 0.25) is 5.95 Å². The van der Waals surface area contributed by atoms with E-state index in [9.17, 15) is 13.2 Å². The molecule has 0 aliphatic carbocycles. The maximum absolute atomic E-state index is 13.1. The second-order valence-corrected chi connectivity index (χ2v) is 8.03. The van der Waals surface area contributed by atoms with E-state index >= 15 is 0 Å². The Bertz CT molecular complexity index is 1320. The summed E-state index contributed by atoms with van der Waals surface area (Å²) in [5, 5.41) is 0.597. The largest absolute Gasteiger partial charge is 0.364 e. The standard InChI is InChI=1S/C17H14ClN5O3S/c1-23-13-5-3-2-4-12(13)21-17(23)22-27(25,26)15-10-8-9(18)6-7-11(10)20-14(15)16(19)24/h2-8,20H,1H3,(H2,19,24)(H,21,22). The van der Waals surface area contributed by atoms with Gasteiger partial charge in [-0.05, 0) is 30.3 Å². The fourth-order valence-electron chi connectivity index (χ4n) is 3.00. The van der Waals surface area contributed by atoms with Gasteiger partial charge in [0.25, 0.3) is 15.9 Å². The normalized spacial score (nSPS) is 11.9. The lowest BCUT2D eigenvalue weighted by Crippen LogP contribution is -2.21. The highest BCUT2D eigenvalue weighted by atomic mass is 35.5. The molecule has 2 aromatic carbocycles. The van der Waals surface area contributed by atoms with Gasteiger partial charge in [-0.3, -0.25) is 4.79 Å². The first-order chi connectivity index (χ1) is 12.8. The number of nitrogens with two attached hydrogens (primary N) is 1. The molecule has 4 N–H and O–H groups in total. The Hall–Kier alpha value is -3.04. The predicted octanol–water partition coefficient (Wildman–Crippen LogP) is 2.61. The van der Waals surface area contributed by atoms with E-state index in [1.165, 1.54) is 6.07 Å². The maximum Gasteiger partial charge on any atom is 0.267 e. The highest BCUT2D eigenvalue weighted by molar-refractivity contribution is 7.93. The minimum atomic E-state index is -4.18. The molecule has 4 aromatic rings. The number of fused-ring (bicyclic) bond motifs is 2. The van der Waals surface area contributed by atoms with E-state index in [4.69, 9.17) is 17.3 Å². The second-order valence-electron chi connectivity index (χ2n) is 5.97. The third-order valence-corrected chi connectivity index (χ3v) is 5.89. The van der Waals surface area contributed by atoms with Crippen LogP contribution in [0.1, 0.15) is 10.5 Å². The van der Waals surface area contributed by atoms with Crippen molar-refractivity contribution in [2.75, 3.05) is 4.72 Å². The molecule has 0 aliphatic heterocycles. The van der Waals surface area contributed by atoms with E-state index in [2.05, 4.69) is 14.7 Å². The number of rotatable bonds is 4. The van der Waals surface area contributed by atoms with Crippen LogP contribution >= 0.6 is 11.6 Å². The number of aromatic amines is 1. The number of aromatic nitrogens is 3. The molecule has 4 rings (SSSR count). The van der Waals surface area contributed by atoms with Crippen LogP contribution < -0.4 is 10.5 Å². The highest BCUT2D eigenvalue weighted by Crippen LogP contribution is 2.31. The molecular weight excluding hydrogens is 390 g/mol. The number of aryl methyl sites for hydroxylation is 1. The van der Waals surface area contributed by atoms with Crippen LogP contribution in [0.2, 0.25) is 5.02 Å². The summed E-state index contributed by atoms with van der Waals surface area (Å²) in [6.45, 7) is 0. The number of amides is 1. The third kappa shape index (κ3) is 2.81. The molecular formula is C17H14ClN5O3S. The maximum atomic E-state index is 13.1. The van der Waals surface area contributed by atoms with Gasteiger partial charge in [-0.1, -0.05) is 23.7 Å². The number of carbonyl (C=O) groups excluding carboxylic acids is 1. The Morgan fingerprint density at radius 3 is 2.70 bits per heavy atom. The smallest absolute Gasteiger partial charge is 0.267 e. The van der Waals surface area contributed by atoms with Crippen molar-refractivity contribution in [1.82, 2.24) is 14.5 Å². The van der Waals surface area contributed by atoms with Crippen LogP contribution in [0.25, 0.3) is 21.9 Å². The highest BCUT2D eigenvalue weighted by Gasteiger charge is 2.28. The molecule has 2 heterocycles. The Morgan fingerprint density at radius 2 is 2.00 bits per heavy atom. The number of hydrogen-bond donors (Lipinski definition) is 3. The van der Waals surface area contributed by atoms with Gasteiger partial charge in [-0.25, -0.2) is 18.1 Å². The Kier molecular flexibility index (Phi) is 3.86. The molecule has 2 aromatic heterocycles. The summed E-state index contributed by atoms with van der Waals surface area (Å²) in [5.74, 6) is -0.782. The SMILES string of the molecule is Cn1c(NS(=O)(=O)c2c(C(N)=O)[nH]c3ccc(Cl)cc23)nc2ccccc21. The molecule has 0 fully saturated rings. The number of para-hydroxylation sites is 2. The minimum absolute atomic E-state index is 0.114. The fraction of sp³-hybridized carbons (Fsp3) is 0.0588. The molecule has 8 nitrogen and oxygen atoms in total. The monoisotopic (exact) mass is 403 g/mol. The number of carbonyl (C=O) groups is 1. The van der Waals surface area contributed by atoms with Gasteiger partial charge in [0.1, 0.15) is 10.6 Å². The molecule has 0 unspecified atom stereocenters. The van der Waals surface area contributed by atoms with Crippen LogP contribution in [0.4, 0.5) is 5.95 Å². The number of halogens is 1. The van der Waals surface area contributed by atoms with E-state index in [0.29, 0.717) is 16.1 Å². The molecule has 0 aliphatic rings. The van der Waals surface area contributed by atoms with Crippen molar-refractivity contribution in [3.05, 3.63) is 53.2 Å². The summed E-state index contributed by atoms with van der Waals surface area (Å²) in [6, 6.07) is 11.9. The molecule has 0 atom stereocenters. The zero-order valence-electron chi connectivity index (χ0n) is 14.0. The minimum Gasteiger partial charge on any atom is -0.364 e. The van der Waals surface area contributed by atoms with Gasteiger partial charge in [0.15, 0.2) is 0 Å². The lowest BCUT2D eigenvalue weighted by molar-refractivity contribution is 0.0993. The number of imidazole rings is 1. The van der Waals surface area contributed by atoms with Crippen LogP contribution in [0.5, 0.6) is 0 Å². The van der Waals surface area contributed by atoms with E-state index in [1.54, 1.807) is 35.9 Å². The molecule has 1 amide bonds. The number of nitrogens with one attached hydrogen (secondary N) is 2. The summed E-state index contributed by atoms with van der Waals surface area (Å²) in [7, 11) is -2.49. The molecule has 0 saturated carbocycles. The summed E-state index contributed by atoms with van der Waals surface area (Å²) in [6.07, 6.45) is 0. The number of primary amides is 1. The lowest BCUT2D eigenvalue weighted by atomic mass is 10.2. The van der Waals surface area contributed by atoms with Crippen molar-refractivity contribution < 1.29 is 13.2 Å². The first kappa shape index (κ1) is 17.4. The topological polar surface area (TPSA) is 123 Å². The molecule has 0 bridgehead atoms. The van der Waals surface area contributed by atoms with Crippen LogP contribution in [-0.4, -0.2) is 28.9 Å². The molecule has 0 spiro atoms. The van der Waals surface area contributed by atoms with Crippen molar-refractivity contribution in [1.29, 1.82) is 0 Å². The molecule has 0 radical (unpaired) electrons. The molecule has 27 heavy (non-hydrogen) atoms. The van der Waals surface area contributed by atoms with Crippen molar-refractivity contribution in [3.8, 4) is 0 Å². The van der Waals surface area contributed by atoms with Crippen molar-refractivity contribution in [3.63, 3.8) is 0 Å². The summed E-state index contributed by atoms with van der Waals surface area (Å²) in [4.78, 5) is 18.6. The van der Waals surface area contributed by atoms with E-state index in [0.717, 1.165) is 5.52 Å². The van der Waals surface area contributed by atoms with Crippen molar-refractivity contribution in [2.24, 2.45) is 12.8 Å². The Morgan fingerprint density at radius 1 is 1.26 bits per heavy atom. The van der Waals surface area contributed by atoms with Gasteiger partial charge in [0, 0.05) is 23.0 Å². The zero-order chi connectivity index (χ0) is 19.3. The first-order valence-corrected chi connectivity index (χ1v) is 9.69. The Labute approximate surface area is 159 Å². The van der Waals surface area contributed by atoms with Crippen LogP contribution in [0.15, 0.2) is 47.4 Å². The molecule has 10 heteroatoms. The summed E-state index contributed by atoms with van der Waals surface area (Å²) in [5.41, 5.74) is 6.98. The lowest BCUT2D eigenvalue weighted by Gasteiger charge is -2.08. The number of benzene rings is 2. The number of sulfonamides is 1. The van der Waals surface area contributed by atoms with E-state index in [1.807, 2.05) is 12.1 Å². The van der Waals surface area contributed by atoms with Crippen molar-refractivity contribution in [2.45, 2.75) is 4.90 Å². The molecule has 138 valence electrons. The summed E-state index contributed by atoms with van der Waals surface area (Å²) < 4.78 is 30.3. The van der Waals surface area contributed by atoms with Gasteiger partial charge in [-0.2, -0.15) is 0 Å². The quantitative estimate of drug-likeness (QED) is 0.484. The predicted molar refractivity (Wildman–Crippen MR) is 103 cm³/mol. The van der Waals surface area contributed by atoms with Gasteiger partial charge >= 0.3 is 0 Å². The van der Waals surface area contributed by atoms with Crippen LogP contribution in [0.3, 0.4) is 0 Å². The second kappa shape index (κ2) is 6.00. The Balaban J connectivity index is 1.91.